The maximum Gasteiger partial charge on any atom is 0.0923 e. The van der Waals surface area contributed by atoms with E-state index < -0.39 is 0 Å². The lowest BCUT2D eigenvalue weighted by Crippen LogP contribution is -2.16. The first-order valence-electron chi connectivity index (χ1n) is 4.73. The van der Waals surface area contributed by atoms with Crippen LogP contribution in [0.1, 0.15) is 33.6 Å². The first kappa shape index (κ1) is 6.47. The van der Waals surface area contributed by atoms with Crippen LogP contribution >= 0.6 is 0 Å². The SMILES string of the molecule is CC1(C)[C@@H]2C3O[C@@]3(C)CC[C@@H]21. The average molecular weight is 152 g/mol. The van der Waals surface area contributed by atoms with Crippen LogP contribution in [0.2, 0.25) is 0 Å². The lowest BCUT2D eigenvalue weighted by molar-refractivity contribution is 0.286. The van der Waals surface area contributed by atoms with Gasteiger partial charge in [-0.3, -0.25) is 0 Å². The summed E-state index contributed by atoms with van der Waals surface area (Å²) in [5.41, 5.74) is 0.924. The monoisotopic (exact) mass is 152 g/mol. The Bertz CT molecular complexity index is 221. The third-order valence-electron chi connectivity index (χ3n) is 4.36. The lowest BCUT2D eigenvalue weighted by Gasteiger charge is -2.09. The van der Waals surface area contributed by atoms with Crippen LogP contribution in [0.15, 0.2) is 0 Å². The Hall–Kier alpha value is -0.0400. The van der Waals surface area contributed by atoms with E-state index in [0.29, 0.717) is 17.1 Å². The second-order valence-corrected chi connectivity index (χ2v) is 5.34. The summed E-state index contributed by atoms with van der Waals surface area (Å²) in [6, 6.07) is 0. The average Bonchev–Trinajstić information content (AvgIpc) is 2.69. The summed E-state index contributed by atoms with van der Waals surface area (Å²) < 4.78 is 5.75. The predicted octanol–water partition coefficient (Wildman–Crippen LogP) is 2.21. The number of hydrogen-bond donors (Lipinski definition) is 0. The van der Waals surface area contributed by atoms with E-state index >= 15 is 0 Å². The fourth-order valence-electron chi connectivity index (χ4n) is 3.29. The highest BCUT2D eigenvalue weighted by atomic mass is 16.6. The smallest absolute Gasteiger partial charge is 0.0923 e. The van der Waals surface area contributed by atoms with Gasteiger partial charge in [0.2, 0.25) is 0 Å². The van der Waals surface area contributed by atoms with Crippen LogP contribution in [0.4, 0.5) is 0 Å². The van der Waals surface area contributed by atoms with E-state index in [-0.39, 0.29) is 0 Å². The van der Waals surface area contributed by atoms with E-state index in [1.165, 1.54) is 12.8 Å². The molecule has 0 aromatic carbocycles. The van der Waals surface area contributed by atoms with Crippen molar-refractivity contribution in [3.05, 3.63) is 0 Å². The normalized spacial score (nSPS) is 63.0. The van der Waals surface area contributed by atoms with Crippen molar-refractivity contribution in [1.82, 2.24) is 0 Å². The van der Waals surface area contributed by atoms with Crippen molar-refractivity contribution in [2.45, 2.75) is 45.3 Å². The van der Waals surface area contributed by atoms with Crippen LogP contribution in [0.3, 0.4) is 0 Å². The third-order valence-corrected chi connectivity index (χ3v) is 4.36. The minimum Gasteiger partial charge on any atom is -0.366 e. The number of rotatable bonds is 0. The summed E-state index contributed by atoms with van der Waals surface area (Å²) in [6.07, 6.45) is 3.35. The molecule has 0 N–H and O–H groups in total. The van der Waals surface area contributed by atoms with Gasteiger partial charge in [0, 0.05) is 0 Å². The number of fused-ring (bicyclic) bond motifs is 3. The van der Waals surface area contributed by atoms with Gasteiger partial charge >= 0.3 is 0 Å². The van der Waals surface area contributed by atoms with Crippen molar-refractivity contribution >= 4 is 0 Å². The molecule has 1 heterocycles. The Morgan fingerprint density at radius 2 is 2.00 bits per heavy atom. The Kier molecular flexibility index (Phi) is 0.820. The molecule has 3 rings (SSSR count). The quantitative estimate of drug-likeness (QED) is 0.485. The second kappa shape index (κ2) is 1.39. The van der Waals surface area contributed by atoms with Crippen LogP contribution in [0, 0.1) is 17.3 Å². The minimum atomic E-state index is 0.314. The van der Waals surface area contributed by atoms with Gasteiger partial charge in [-0.05, 0) is 37.0 Å². The Morgan fingerprint density at radius 3 is 2.64 bits per heavy atom. The second-order valence-electron chi connectivity index (χ2n) is 5.34. The molecule has 0 radical (unpaired) electrons. The molecular formula is C10H16O. The van der Waals surface area contributed by atoms with Gasteiger partial charge in [0.15, 0.2) is 0 Å². The number of ether oxygens (including phenoxy) is 1. The van der Waals surface area contributed by atoms with Gasteiger partial charge in [-0.25, -0.2) is 0 Å². The molecule has 2 aliphatic carbocycles. The Labute approximate surface area is 68.1 Å². The van der Waals surface area contributed by atoms with Crippen molar-refractivity contribution in [2.75, 3.05) is 0 Å². The molecule has 1 heteroatoms. The molecule has 2 saturated carbocycles. The van der Waals surface area contributed by atoms with Crippen LogP contribution in [0.5, 0.6) is 0 Å². The number of hydrogen-bond acceptors (Lipinski definition) is 1. The molecule has 0 bridgehead atoms. The van der Waals surface area contributed by atoms with E-state index in [1.54, 1.807) is 0 Å². The van der Waals surface area contributed by atoms with Gasteiger partial charge in [-0.2, -0.15) is 0 Å². The van der Waals surface area contributed by atoms with Gasteiger partial charge in [0.05, 0.1) is 11.7 Å². The van der Waals surface area contributed by atoms with Gasteiger partial charge < -0.3 is 4.74 Å². The van der Waals surface area contributed by atoms with Gasteiger partial charge in [0.1, 0.15) is 0 Å². The Balaban J connectivity index is 1.90. The predicted molar refractivity (Wildman–Crippen MR) is 43.3 cm³/mol. The first-order chi connectivity index (χ1) is 5.06. The highest BCUT2D eigenvalue weighted by Gasteiger charge is 2.74. The fourth-order valence-corrected chi connectivity index (χ4v) is 3.29. The van der Waals surface area contributed by atoms with E-state index in [2.05, 4.69) is 20.8 Å². The molecule has 1 aliphatic heterocycles. The number of epoxide rings is 1. The zero-order valence-electron chi connectivity index (χ0n) is 7.55. The molecule has 0 aromatic heterocycles. The molecular weight excluding hydrogens is 136 g/mol. The maximum atomic E-state index is 5.75. The molecule has 0 amide bonds. The summed E-state index contributed by atoms with van der Waals surface area (Å²) in [4.78, 5) is 0. The summed E-state index contributed by atoms with van der Waals surface area (Å²) in [7, 11) is 0. The van der Waals surface area contributed by atoms with Crippen molar-refractivity contribution in [3.63, 3.8) is 0 Å². The Morgan fingerprint density at radius 1 is 1.27 bits per heavy atom. The summed E-state index contributed by atoms with van der Waals surface area (Å²) in [5.74, 6) is 1.89. The van der Waals surface area contributed by atoms with E-state index in [9.17, 15) is 0 Å². The molecule has 3 fully saturated rings. The minimum absolute atomic E-state index is 0.314. The summed E-state index contributed by atoms with van der Waals surface area (Å²) in [6.45, 7) is 7.08. The lowest BCUT2D eigenvalue weighted by atomic mass is 9.91. The molecule has 11 heavy (non-hydrogen) atoms. The van der Waals surface area contributed by atoms with Gasteiger partial charge in [-0.1, -0.05) is 13.8 Å². The molecule has 62 valence electrons. The summed E-state index contributed by atoms with van der Waals surface area (Å²) in [5, 5.41) is 0. The van der Waals surface area contributed by atoms with Crippen molar-refractivity contribution in [2.24, 2.45) is 17.3 Å². The zero-order valence-corrected chi connectivity index (χ0v) is 7.55. The van der Waals surface area contributed by atoms with Gasteiger partial charge in [0.25, 0.3) is 0 Å². The highest BCUT2D eigenvalue weighted by Crippen LogP contribution is 2.72. The van der Waals surface area contributed by atoms with Gasteiger partial charge in [-0.15, -0.1) is 0 Å². The van der Waals surface area contributed by atoms with Crippen molar-refractivity contribution in [3.8, 4) is 0 Å². The third kappa shape index (κ3) is 0.581. The highest BCUT2D eigenvalue weighted by molar-refractivity contribution is 5.21. The molecule has 0 aromatic rings. The topological polar surface area (TPSA) is 12.5 Å². The largest absolute Gasteiger partial charge is 0.366 e. The van der Waals surface area contributed by atoms with E-state index in [4.69, 9.17) is 4.74 Å². The fraction of sp³-hybridized carbons (Fsp3) is 1.00. The van der Waals surface area contributed by atoms with Crippen LogP contribution in [-0.2, 0) is 4.74 Å². The van der Waals surface area contributed by atoms with Crippen LogP contribution in [-0.4, -0.2) is 11.7 Å². The molecule has 1 unspecified atom stereocenters. The molecule has 4 atom stereocenters. The summed E-state index contributed by atoms with van der Waals surface area (Å²) >= 11 is 0. The van der Waals surface area contributed by atoms with E-state index in [0.717, 1.165) is 11.8 Å². The van der Waals surface area contributed by atoms with E-state index in [1.807, 2.05) is 0 Å². The van der Waals surface area contributed by atoms with Crippen LogP contribution in [0.25, 0.3) is 0 Å². The first-order valence-corrected chi connectivity index (χ1v) is 4.73. The molecule has 1 nitrogen and oxygen atoms in total. The molecule has 0 spiro atoms. The maximum absolute atomic E-state index is 5.75. The van der Waals surface area contributed by atoms with Crippen LogP contribution < -0.4 is 0 Å². The molecule has 3 aliphatic rings. The van der Waals surface area contributed by atoms with Crippen molar-refractivity contribution < 1.29 is 4.74 Å². The van der Waals surface area contributed by atoms with Crippen molar-refractivity contribution in [1.29, 1.82) is 0 Å². The molecule has 1 saturated heterocycles. The standard InChI is InChI=1S/C10H16O/c1-9(2)6-4-5-10(3)8(11-10)7(6)9/h6-8H,4-5H2,1-3H3/t6-,7-,8?,10-/m0/s1. The zero-order chi connectivity index (χ0) is 7.85.